The molecule has 0 radical (unpaired) electrons. The van der Waals surface area contributed by atoms with E-state index in [9.17, 15) is 4.79 Å². The molecule has 1 aromatic carbocycles. The van der Waals surface area contributed by atoms with Gasteiger partial charge in [-0.1, -0.05) is 39.0 Å². The van der Waals surface area contributed by atoms with Crippen LogP contribution in [0.15, 0.2) is 30.5 Å². The molecule has 2 aromatic rings. The van der Waals surface area contributed by atoms with Gasteiger partial charge in [0, 0.05) is 17.1 Å². The van der Waals surface area contributed by atoms with E-state index in [0.717, 1.165) is 11.9 Å². The Kier molecular flexibility index (Phi) is 3.65. The Hall–Kier alpha value is -1.77. The zero-order valence-corrected chi connectivity index (χ0v) is 12.1. The summed E-state index contributed by atoms with van der Waals surface area (Å²) in [5.74, 6) is -0.219. The smallest absolute Gasteiger partial charge is 0.325 e. The summed E-state index contributed by atoms with van der Waals surface area (Å²) in [5.41, 5.74) is 2.60. The largest absolute Gasteiger partial charge is 0.468 e. The van der Waals surface area contributed by atoms with Crippen LogP contribution in [0.4, 0.5) is 0 Å². The molecule has 19 heavy (non-hydrogen) atoms. The first-order valence-corrected chi connectivity index (χ1v) is 6.54. The number of nitrogens with zero attached hydrogens (tertiary/aromatic N) is 1. The third-order valence-electron chi connectivity index (χ3n) is 3.12. The van der Waals surface area contributed by atoms with E-state index in [0.29, 0.717) is 0 Å². The van der Waals surface area contributed by atoms with Gasteiger partial charge in [0.15, 0.2) is 0 Å². The number of benzene rings is 1. The van der Waals surface area contributed by atoms with Crippen molar-refractivity contribution >= 4 is 16.9 Å². The summed E-state index contributed by atoms with van der Waals surface area (Å²) in [7, 11) is 1.42. The zero-order chi connectivity index (χ0) is 14.0. The summed E-state index contributed by atoms with van der Waals surface area (Å²) < 4.78 is 6.73. The Morgan fingerprint density at radius 1 is 1.26 bits per heavy atom. The average molecular weight is 259 g/mol. The molecule has 3 nitrogen and oxygen atoms in total. The molecule has 0 saturated heterocycles. The molecule has 0 amide bonds. The number of ether oxygens (including phenoxy) is 1. The van der Waals surface area contributed by atoms with Crippen molar-refractivity contribution in [3.05, 3.63) is 36.0 Å². The number of aromatic nitrogens is 1. The highest BCUT2D eigenvalue weighted by Crippen LogP contribution is 2.28. The van der Waals surface area contributed by atoms with Crippen LogP contribution in [0.25, 0.3) is 10.9 Å². The van der Waals surface area contributed by atoms with Gasteiger partial charge in [0.05, 0.1) is 7.11 Å². The molecule has 0 aliphatic carbocycles. The van der Waals surface area contributed by atoms with Gasteiger partial charge in [-0.3, -0.25) is 4.79 Å². The molecule has 0 unspecified atom stereocenters. The van der Waals surface area contributed by atoms with E-state index < -0.39 is 0 Å². The predicted octanol–water partition coefficient (Wildman–Crippen LogP) is 3.40. The van der Waals surface area contributed by atoms with E-state index in [1.54, 1.807) is 0 Å². The first kappa shape index (κ1) is 13.7. The molecule has 0 N–H and O–H groups in total. The van der Waals surface area contributed by atoms with Gasteiger partial charge in [0.25, 0.3) is 0 Å². The molecular weight excluding hydrogens is 238 g/mol. The highest BCUT2D eigenvalue weighted by molar-refractivity contribution is 5.85. The van der Waals surface area contributed by atoms with Crippen molar-refractivity contribution in [3.63, 3.8) is 0 Å². The van der Waals surface area contributed by atoms with E-state index in [4.69, 9.17) is 4.74 Å². The number of carbonyl (C=O) groups is 1. The Labute approximate surface area is 114 Å². The summed E-state index contributed by atoms with van der Waals surface area (Å²) >= 11 is 0. The molecule has 0 saturated carbocycles. The molecule has 0 bridgehead atoms. The molecule has 102 valence electrons. The fraction of sp³-hybridized carbons (Fsp3) is 0.438. The SMILES string of the molecule is COC(=O)Cn1cc(CC(C)(C)C)c2ccccc21. The molecule has 0 atom stereocenters. The zero-order valence-electron chi connectivity index (χ0n) is 12.1. The van der Waals surface area contributed by atoms with Crippen LogP contribution in [0.2, 0.25) is 0 Å². The lowest BCUT2D eigenvalue weighted by molar-refractivity contribution is -0.141. The second-order valence-electron chi connectivity index (χ2n) is 6.11. The number of methoxy groups -OCH3 is 1. The van der Waals surface area contributed by atoms with Crippen molar-refractivity contribution in [2.75, 3.05) is 7.11 Å². The summed E-state index contributed by atoms with van der Waals surface area (Å²) in [4.78, 5) is 11.5. The Bertz CT molecular complexity index is 590. The van der Waals surface area contributed by atoms with Crippen molar-refractivity contribution in [1.82, 2.24) is 4.57 Å². The molecule has 3 heteroatoms. The van der Waals surface area contributed by atoms with Gasteiger partial charge in [0.1, 0.15) is 6.54 Å². The predicted molar refractivity (Wildman–Crippen MR) is 77.1 cm³/mol. The highest BCUT2D eigenvalue weighted by atomic mass is 16.5. The van der Waals surface area contributed by atoms with E-state index in [1.165, 1.54) is 18.1 Å². The first-order valence-electron chi connectivity index (χ1n) is 6.54. The molecular formula is C16H21NO2. The third kappa shape index (κ3) is 3.16. The summed E-state index contributed by atoms with van der Waals surface area (Å²) in [6.45, 7) is 6.93. The topological polar surface area (TPSA) is 31.2 Å². The molecule has 0 aliphatic rings. The second-order valence-corrected chi connectivity index (χ2v) is 6.11. The van der Waals surface area contributed by atoms with Gasteiger partial charge in [-0.15, -0.1) is 0 Å². The molecule has 0 spiro atoms. The number of fused-ring (bicyclic) bond motifs is 1. The van der Waals surface area contributed by atoms with Gasteiger partial charge in [-0.25, -0.2) is 0 Å². The van der Waals surface area contributed by atoms with Crippen LogP contribution in [0.1, 0.15) is 26.3 Å². The molecule has 1 heterocycles. The standard InChI is InChI=1S/C16H21NO2/c1-16(2,3)9-12-10-17(11-15(18)19-4)14-8-6-5-7-13(12)14/h5-8,10H,9,11H2,1-4H3. The van der Waals surface area contributed by atoms with E-state index in [2.05, 4.69) is 33.0 Å². The van der Waals surface area contributed by atoms with Crippen LogP contribution < -0.4 is 0 Å². The first-order chi connectivity index (χ1) is 8.90. The van der Waals surface area contributed by atoms with Gasteiger partial charge in [-0.2, -0.15) is 0 Å². The Morgan fingerprint density at radius 3 is 2.58 bits per heavy atom. The van der Waals surface area contributed by atoms with Crippen LogP contribution in [0.5, 0.6) is 0 Å². The van der Waals surface area contributed by atoms with Crippen LogP contribution in [-0.4, -0.2) is 17.6 Å². The van der Waals surface area contributed by atoms with Crippen LogP contribution in [-0.2, 0) is 22.5 Å². The number of carbonyl (C=O) groups excluding carboxylic acids is 1. The van der Waals surface area contributed by atoms with E-state index >= 15 is 0 Å². The Balaban J connectivity index is 2.45. The number of para-hydroxylation sites is 1. The number of hydrogen-bond donors (Lipinski definition) is 0. The van der Waals surface area contributed by atoms with Gasteiger partial charge in [0.2, 0.25) is 0 Å². The van der Waals surface area contributed by atoms with Crippen molar-refractivity contribution in [2.24, 2.45) is 5.41 Å². The van der Waals surface area contributed by atoms with Crippen molar-refractivity contribution in [3.8, 4) is 0 Å². The van der Waals surface area contributed by atoms with Crippen molar-refractivity contribution in [2.45, 2.75) is 33.7 Å². The van der Waals surface area contributed by atoms with Gasteiger partial charge in [-0.05, 0) is 23.5 Å². The molecule has 0 fully saturated rings. The van der Waals surface area contributed by atoms with Crippen LogP contribution in [0, 0.1) is 5.41 Å². The normalized spacial score (nSPS) is 11.8. The lowest BCUT2D eigenvalue weighted by Crippen LogP contribution is -2.11. The maximum atomic E-state index is 11.5. The minimum Gasteiger partial charge on any atom is -0.468 e. The second kappa shape index (κ2) is 5.08. The third-order valence-corrected chi connectivity index (χ3v) is 3.12. The van der Waals surface area contributed by atoms with Crippen LogP contribution >= 0.6 is 0 Å². The maximum absolute atomic E-state index is 11.5. The summed E-state index contributed by atoms with van der Waals surface area (Å²) in [6.07, 6.45) is 3.06. The highest BCUT2D eigenvalue weighted by Gasteiger charge is 2.17. The fourth-order valence-corrected chi connectivity index (χ4v) is 2.37. The van der Waals surface area contributed by atoms with Gasteiger partial charge < -0.3 is 9.30 Å². The van der Waals surface area contributed by atoms with Crippen LogP contribution in [0.3, 0.4) is 0 Å². The van der Waals surface area contributed by atoms with Crippen molar-refractivity contribution in [1.29, 1.82) is 0 Å². The molecule has 1 aromatic heterocycles. The lowest BCUT2D eigenvalue weighted by Gasteiger charge is -2.17. The Morgan fingerprint density at radius 2 is 1.95 bits per heavy atom. The number of hydrogen-bond acceptors (Lipinski definition) is 2. The average Bonchev–Trinajstić information content (AvgIpc) is 2.66. The minimum atomic E-state index is -0.219. The summed E-state index contributed by atoms with van der Waals surface area (Å²) in [5, 5.41) is 1.22. The quantitative estimate of drug-likeness (QED) is 0.791. The summed E-state index contributed by atoms with van der Waals surface area (Å²) in [6, 6.07) is 8.20. The number of rotatable bonds is 3. The number of esters is 1. The molecule has 2 rings (SSSR count). The van der Waals surface area contributed by atoms with Crippen molar-refractivity contribution < 1.29 is 9.53 Å². The van der Waals surface area contributed by atoms with E-state index in [1.807, 2.05) is 22.8 Å². The monoisotopic (exact) mass is 259 g/mol. The fourth-order valence-electron chi connectivity index (χ4n) is 2.37. The van der Waals surface area contributed by atoms with Gasteiger partial charge >= 0.3 is 5.97 Å². The lowest BCUT2D eigenvalue weighted by atomic mass is 9.88. The maximum Gasteiger partial charge on any atom is 0.325 e. The van der Waals surface area contributed by atoms with E-state index in [-0.39, 0.29) is 17.9 Å². The molecule has 0 aliphatic heterocycles. The minimum absolute atomic E-state index is 0.219.